The Bertz CT molecular complexity index is 1350. The smallest absolute Gasteiger partial charge is 0.240 e. The van der Waals surface area contributed by atoms with Crippen LogP contribution in [-0.2, 0) is 17.8 Å². The Morgan fingerprint density at radius 1 is 1.21 bits per heavy atom. The summed E-state index contributed by atoms with van der Waals surface area (Å²) in [4.78, 5) is 26.9. The Kier molecular flexibility index (Phi) is 7.64. The highest BCUT2D eigenvalue weighted by Crippen LogP contribution is 2.45. The predicted octanol–water partition coefficient (Wildman–Crippen LogP) is 4.70. The number of carbonyl (C=O) groups excluding carboxylic acids is 1. The zero-order valence-corrected chi connectivity index (χ0v) is 22.7. The zero-order valence-electron chi connectivity index (χ0n) is 22.0. The summed E-state index contributed by atoms with van der Waals surface area (Å²) in [5.41, 5.74) is 3.17. The van der Waals surface area contributed by atoms with Crippen molar-refractivity contribution in [3.05, 3.63) is 76.4 Å². The lowest BCUT2D eigenvalue weighted by molar-refractivity contribution is -0.124. The van der Waals surface area contributed by atoms with Gasteiger partial charge in [0.2, 0.25) is 5.91 Å². The van der Waals surface area contributed by atoms with E-state index in [-0.39, 0.29) is 5.91 Å². The molecule has 0 spiro atoms. The summed E-state index contributed by atoms with van der Waals surface area (Å²) in [6.07, 6.45) is 4.90. The van der Waals surface area contributed by atoms with Crippen LogP contribution in [0.3, 0.4) is 0 Å². The quantitative estimate of drug-likeness (QED) is 0.433. The second-order valence-corrected chi connectivity index (χ2v) is 11.2. The summed E-state index contributed by atoms with van der Waals surface area (Å²) in [5.74, 6) is 1.78. The van der Waals surface area contributed by atoms with Gasteiger partial charge in [-0.3, -0.25) is 4.79 Å². The third-order valence-electron chi connectivity index (χ3n) is 7.36. The summed E-state index contributed by atoms with van der Waals surface area (Å²) < 4.78 is 0. The molecule has 8 heteroatoms. The second kappa shape index (κ2) is 11.1. The van der Waals surface area contributed by atoms with Crippen molar-refractivity contribution in [3.8, 4) is 17.5 Å². The molecule has 7 nitrogen and oxygen atoms in total. The largest absolute Gasteiger partial charge is 0.356 e. The molecular weight excluding hydrogens is 496 g/mol. The third-order valence-corrected chi connectivity index (χ3v) is 7.57. The van der Waals surface area contributed by atoms with Gasteiger partial charge in [-0.1, -0.05) is 41.9 Å². The van der Waals surface area contributed by atoms with E-state index in [2.05, 4.69) is 53.5 Å². The Labute approximate surface area is 229 Å². The van der Waals surface area contributed by atoms with Crippen LogP contribution in [0.5, 0.6) is 0 Å². The number of amides is 1. The molecule has 2 aromatic carbocycles. The van der Waals surface area contributed by atoms with Gasteiger partial charge in [0.15, 0.2) is 5.82 Å². The average Bonchev–Trinajstić information content (AvgIpc) is 3.58. The normalized spacial score (nSPS) is 17.9. The molecule has 2 heterocycles. The summed E-state index contributed by atoms with van der Waals surface area (Å²) in [5, 5.41) is 13.0. The van der Waals surface area contributed by atoms with Gasteiger partial charge >= 0.3 is 0 Å². The second-order valence-electron chi connectivity index (χ2n) is 10.8. The Hall–Kier alpha value is -3.47. The number of nitrogens with one attached hydrogen (secondary N) is 1. The molecule has 1 saturated carbocycles. The van der Waals surface area contributed by atoms with Crippen molar-refractivity contribution >= 4 is 23.3 Å². The van der Waals surface area contributed by atoms with E-state index in [1.165, 1.54) is 5.56 Å². The number of nitriles is 1. The fourth-order valence-electron chi connectivity index (χ4n) is 5.20. The van der Waals surface area contributed by atoms with Crippen LogP contribution < -0.4 is 10.2 Å². The van der Waals surface area contributed by atoms with Gasteiger partial charge in [-0.2, -0.15) is 5.26 Å². The van der Waals surface area contributed by atoms with E-state index >= 15 is 0 Å². The molecule has 1 amide bonds. The van der Waals surface area contributed by atoms with Crippen LogP contribution in [0.25, 0.3) is 11.4 Å². The molecule has 1 saturated heterocycles. The molecule has 1 N–H and O–H groups in total. The van der Waals surface area contributed by atoms with Crippen LogP contribution in [0.4, 0.5) is 5.82 Å². The number of hydrogen-bond donors (Lipinski definition) is 1. The van der Waals surface area contributed by atoms with Gasteiger partial charge in [-0.25, -0.2) is 9.97 Å². The van der Waals surface area contributed by atoms with E-state index in [9.17, 15) is 10.1 Å². The van der Waals surface area contributed by atoms with Gasteiger partial charge < -0.3 is 15.1 Å². The fraction of sp³-hybridized carbons (Fsp3) is 0.400. The van der Waals surface area contributed by atoms with Crippen LogP contribution in [0.2, 0.25) is 5.02 Å². The van der Waals surface area contributed by atoms with E-state index in [0.717, 1.165) is 55.0 Å². The molecule has 1 aliphatic carbocycles. The van der Waals surface area contributed by atoms with Gasteiger partial charge in [0, 0.05) is 48.5 Å². The molecule has 0 bridgehead atoms. The van der Waals surface area contributed by atoms with Crippen molar-refractivity contribution in [3.63, 3.8) is 0 Å². The molecule has 196 valence electrons. The van der Waals surface area contributed by atoms with Crippen molar-refractivity contribution in [2.24, 2.45) is 11.3 Å². The number of hydrogen-bond acceptors (Lipinski definition) is 6. The number of carbonyl (C=O) groups is 1. The van der Waals surface area contributed by atoms with Gasteiger partial charge in [-0.15, -0.1) is 0 Å². The average molecular weight is 529 g/mol. The van der Waals surface area contributed by atoms with E-state index in [1.54, 1.807) is 6.20 Å². The van der Waals surface area contributed by atoms with Gasteiger partial charge in [0.25, 0.3) is 0 Å². The number of nitrogens with zero attached hydrogens (tertiary/aromatic N) is 5. The molecule has 2 aliphatic rings. The molecule has 2 fully saturated rings. The minimum atomic E-state index is -0.860. The maximum atomic E-state index is 12.6. The van der Waals surface area contributed by atoms with Crippen molar-refractivity contribution in [1.82, 2.24) is 20.2 Å². The molecule has 1 aromatic heterocycles. The van der Waals surface area contributed by atoms with E-state index < -0.39 is 5.41 Å². The highest BCUT2D eigenvalue weighted by Gasteiger charge is 2.50. The lowest BCUT2D eigenvalue weighted by Crippen LogP contribution is -2.32. The summed E-state index contributed by atoms with van der Waals surface area (Å²) in [6.45, 7) is 3.10. The number of rotatable bonds is 9. The van der Waals surface area contributed by atoms with Gasteiger partial charge in [-0.05, 0) is 75.0 Å². The lowest BCUT2D eigenvalue weighted by Gasteiger charge is -2.23. The number of halogens is 1. The number of anilines is 1. The fourth-order valence-corrected chi connectivity index (χ4v) is 5.46. The van der Waals surface area contributed by atoms with Crippen LogP contribution in [0.15, 0.2) is 54.7 Å². The van der Waals surface area contributed by atoms with Crippen LogP contribution in [0, 0.1) is 22.7 Å². The van der Waals surface area contributed by atoms with Crippen molar-refractivity contribution < 1.29 is 4.79 Å². The first-order chi connectivity index (χ1) is 18.3. The standard InChI is InChI=1S/C30H33ClN6O/c1-36(2)18-22-8-11-37(19-22)28-25(17-34-29(38)30(20-32)9-10-30)16-33-27(35-28)24-13-23(14-26(31)15-24)12-21-6-4-3-5-7-21/h3-7,13-16,22H,8-12,17-19H2,1-2H3,(H,34,38). The summed E-state index contributed by atoms with van der Waals surface area (Å²) in [7, 11) is 4.20. The molecule has 3 aromatic rings. The maximum Gasteiger partial charge on any atom is 0.240 e. The first-order valence-electron chi connectivity index (χ1n) is 13.1. The Morgan fingerprint density at radius 3 is 2.71 bits per heavy atom. The highest BCUT2D eigenvalue weighted by atomic mass is 35.5. The number of aromatic nitrogens is 2. The van der Waals surface area contributed by atoms with Gasteiger partial charge in [0.1, 0.15) is 11.2 Å². The molecule has 0 radical (unpaired) electrons. The van der Waals surface area contributed by atoms with E-state index in [4.69, 9.17) is 21.6 Å². The minimum absolute atomic E-state index is 0.206. The third kappa shape index (κ3) is 5.98. The molecule has 1 unspecified atom stereocenters. The maximum absolute atomic E-state index is 12.6. The molecule has 5 rings (SSSR count). The molecule has 1 aliphatic heterocycles. The predicted molar refractivity (Wildman–Crippen MR) is 150 cm³/mol. The Morgan fingerprint density at radius 2 is 2.00 bits per heavy atom. The monoisotopic (exact) mass is 528 g/mol. The SMILES string of the molecule is CN(C)CC1CCN(c2nc(-c3cc(Cl)cc(Cc4ccccc4)c3)ncc2CNC(=O)C2(C#N)CC2)C1. The molecular formula is C30H33ClN6O. The van der Waals surface area contributed by atoms with Crippen LogP contribution in [0.1, 0.15) is 36.0 Å². The molecule has 38 heavy (non-hydrogen) atoms. The topological polar surface area (TPSA) is 85.2 Å². The van der Waals surface area contributed by atoms with Gasteiger partial charge in [0.05, 0.1) is 6.07 Å². The van der Waals surface area contributed by atoms with Crippen molar-refractivity contribution in [2.45, 2.75) is 32.2 Å². The number of benzene rings is 2. The first kappa shape index (κ1) is 26.1. The molecule has 1 atom stereocenters. The van der Waals surface area contributed by atoms with E-state index in [1.807, 2.05) is 30.3 Å². The minimum Gasteiger partial charge on any atom is -0.356 e. The van der Waals surface area contributed by atoms with Crippen molar-refractivity contribution in [1.29, 1.82) is 5.26 Å². The van der Waals surface area contributed by atoms with Crippen molar-refractivity contribution in [2.75, 3.05) is 38.6 Å². The first-order valence-corrected chi connectivity index (χ1v) is 13.5. The highest BCUT2D eigenvalue weighted by molar-refractivity contribution is 6.30. The lowest BCUT2D eigenvalue weighted by atomic mass is 10.0. The Balaban J connectivity index is 1.43. The van der Waals surface area contributed by atoms with E-state index in [0.29, 0.717) is 36.2 Å². The summed E-state index contributed by atoms with van der Waals surface area (Å²) in [6, 6.07) is 18.5. The zero-order chi connectivity index (χ0) is 26.7. The van der Waals surface area contributed by atoms with Crippen LogP contribution in [-0.4, -0.2) is 54.5 Å². The summed E-state index contributed by atoms with van der Waals surface area (Å²) >= 11 is 6.53. The van der Waals surface area contributed by atoms with Crippen LogP contribution >= 0.6 is 11.6 Å².